The maximum absolute atomic E-state index is 13.4. The van der Waals surface area contributed by atoms with Gasteiger partial charge in [0, 0.05) is 37.3 Å². The highest BCUT2D eigenvalue weighted by Gasteiger charge is 2.36. The van der Waals surface area contributed by atoms with Gasteiger partial charge in [-0.05, 0) is 69.9 Å². The summed E-state index contributed by atoms with van der Waals surface area (Å²) in [6, 6.07) is 11.9. The van der Waals surface area contributed by atoms with Crippen LogP contribution in [0.5, 0.6) is 11.5 Å². The third-order valence-corrected chi connectivity index (χ3v) is 6.83. The van der Waals surface area contributed by atoms with E-state index in [4.69, 9.17) is 9.47 Å². The van der Waals surface area contributed by atoms with Crippen molar-refractivity contribution in [1.29, 1.82) is 0 Å². The number of nitrogens with zero attached hydrogens (tertiary/aromatic N) is 2. The van der Waals surface area contributed by atoms with Crippen molar-refractivity contribution in [1.82, 2.24) is 15.1 Å². The van der Waals surface area contributed by atoms with Crippen molar-refractivity contribution in [2.75, 3.05) is 33.0 Å². The average molecular weight is 480 g/mol. The van der Waals surface area contributed by atoms with Crippen LogP contribution in [-0.2, 0) is 4.79 Å². The summed E-state index contributed by atoms with van der Waals surface area (Å²) < 4.78 is 10.7. The van der Waals surface area contributed by atoms with E-state index in [-0.39, 0.29) is 30.4 Å². The van der Waals surface area contributed by atoms with Crippen LogP contribution < -0.4 is 14.8 Å². The molecule has 1 N–H and O–H groups in total. The maximum atomic E-state index is 13.4. The lowest BCUT2D eigenvalue weighted by atomic mass is 9.87. The lowest BCUT2D eigenvalue weighted by molar-refractivity contribution is -0.134. The van der Waals surface area contributed by atoms with E-state index >= 15 is 0 Å². The highest BCUT2D eigenvalue weighted by Crippen LogP contribution is 2.32. The van der Waals surface area contributed by atoms with Crippen molar-refractivity contribution < 1.29 is 23.9 Å². The first-order valence-electron chi connectivity index (χ1n) is 12.3. The monoisotopic (exact) mass is 479 g/mol. The van der Waals surface area contributed by atoms with Crippen LogP contribution >= 0.6 is 0 Å². The smallest absolute Gasteiger partial charge is 0.253 e. The Morgan fingerprint density at radius 1 is 1.00 bits per heavy atom. The Morgan fingerprint density at radius 2 is 1.71 bits per heavy atom. The number of amides is 3. The zero-order valence-electron chi connectivity index (χ0n) is 20.6. The SMILES string of the molecule is CCN(CC)C(=O)[C@@H](NC(=O)c1ccc2c(c1)OCO2)C1CCN(C(=O)c2cccc(C)c2)CC1. The van der Waals surface area contributed by atoms with Gasteiger partial charge in [-0.2, -0.15) is 0 Å². The summed E-state index contributed by atoms with van der Waals surface area (Å²) in [7, 11) is 0. The van der Waals surface area contributed by atoms with E-state index in [1.54, 1.807) is 23.1 Å². The van der Waals surface area contributed by atoms with E-state index < -0.39 is 6.04 Å². The fourth-order valence-electron chi connectivity index (χ4n) is 4.77. The molecule has 0 unspecified atom stereocenters. The van der Waals surface area contributed by atoms with E-state index in [2.05, 4.69) is 5.32 Å². The van der Waals surface area contributed by atoms with Gasteiger partial charge in [-0.15, -0.1) is 0 Å². The minimum Gasteiger partial charge on any atom is -0.454 e. The van der Waals surface area contributed by atoms with E-state index in [0.29, 0.717) is 61.6 Å². The van der Waals surface area contributed by atoms with Gasteiger partial charge in [0.15, 0.2) is 11.5 Å². The van der Waals surface area contributed by atoms with Gasteiger partial charge in [0.25, 0.3) is 11.8 Å². The van der Waals surface area contributed by atoms with Crippen molar-refractivity contribution in [2.24, 2.45) is 5.92 Å². The Kier molecular flexibility index (Phi) is 7.58. The highest BCUT2D eigenvalue weighted by molar-refractivity contribution is 5.98. The van der Waals surface area contributed by atoms with E-state index in [9.17, 15) is 14.4 Å². The number of carbonyl (C=O) groups excluding carboxylic acids is 3. The molecular weight excluding hydrogens is 446 g/mol. The van der Waals surface area contributed by atoms with Crippen molar-refractivity contribution in [2.45, 2.75) is 39.7 Å². The van der Waals surface area contributed by atoms with Crippen LogP contribution in [0.3, 0.4) is 0 Å². The Hall–Kier alpha value is -3.55. The molecule has 4 rings (SSSR count). The predicted octanol–water partition coefficient (Wildman–Crippen LogP) is 3.24. The fraction of sp³-hybridized carbons (Fsp3) is 0.444. The van der Waals surface area contributed by atoms with Crippen molar-refractivity contribution in [3.8, 4) is 11.5 Å². The Labute approximate surface area is 206 Å². The molecule has 0 spiro atoms. The summed E-state index contributed by atoms with van der Waals surface area (Å²) in [5, 5.41) is 3.00. The van der Waals surface area contributed by atoms with Crippen LogP contribution in [-0.4, -0.2) is 66.5 Å². The average Bonchev–Trinajstić information content (AvgIpc) is 3.35. The van der Waals surface area contributed by atoms with Crippen LogP contribution in [0.2, 0.25) is 0 Å². The second-order valence-corrected chi connectivity index (χ2v) is 9.03. The highest BCUT2D eigenvalue weighted by atomic mass is 16.7. The van der Waals surface area contributed by atoms with Crippen LogP contribution in [0.4, 0.5) is 0 Å². The zero-order valence-corrected chi connectivity index (χ0v) is 20.6. The number of hydrogen-bond acceptors (Lipinski definition) is 5. The largest absolute Gasteiger partial charge is 0.454 e. The summed E-state index contributed by atoms with van der Waals surface area (Å²) in [5.74, 6) is 0.639. The number of benzene rings is 2. The van der Waals surface area contributed by atoms with Crippen LogP contribution in [0.25, 0.3) is 0 Å². The number of ether oxygens (including phenoxy) is 2. The number of aryl methyl sites for hydroxylation is 1. The molecule has 0 radical (unpaired) electrons. The number of piperidine rings is 1. The Morgan fingerprint density at radius 3 is 2.40 bits per heavy atom. The van der Waals surface area contributed by atoms with E-state index in [1.807, 2.05) is 49.9 Å². The van der Waals surface area contributed by atoms with Gasteiger partial charge in [-0.1, -0.05) is 17.7 Å². The molecule has 1 atom stereocenters. The van der Waals surface area contributed by atoms with Crippen LogP contribution in [0.1, 0.15) is 53.0 Å². The molecule has 2 aromatic rings. The first-order valence-corrected chi connectivity index (χ1v) is 12.3. The van der Waals surface area contributed by atoms with Crippen molar-refractivity contribution >= 4 is 17.7 Å². The number of likely N-dealkylation sites (tertiary alicyclic amines) is 1. The van der Waals surface area contributed by atoms with Gasteiger partial charge in [0.1, 0.15) is 6.04 Å². The molecular formula is C27H33N3O5. The standard InChI is InChI=1S/C27H33N3O5/c1-4-29(5-2)27(33)24(28-25(31)20-9-10-22-23(16-20)35-17-34-22)19-11-13-30(14-12-19)26(32)21-8-6-7-18(3)15-21/h6-10,15-16,19,24H,4-5,11-14,17H2,1-3H3,(H,28,31)/t24-/m0/s1. The minimum absolute atomic E-state index is 0.00293. The molecule has 2 heterocycles. The second kappa shape index (κ2) is 10.8. The molecule has 0 aliphatic carbocycles. The fourth-order valence-corrected chi connectivity index (χ4v) is 4.77. The van der Waals surface area contributed by atoms with Crippen LogP contribution in [0, 0.1) is 12.8 Å². The van der Waals surface area contributed by atoms with Gasteiger partial charge in [0.2, 0.25) is 12.7 Å². The number of rotatable bonds is 7. The van der Waals surface area contributed by atoms with Crippen molar-refractivity contribution in [3.05, 3.63) is 59.2 Å². The summed E-state index contributed by atoms with van der Waals surface area (Å²) in [6.07, 6.45) is 1.27. The molecule has 1 saturated heterocycles. The minimum atomic E-state index is -0.663. The Bertz CT molecular complexity index is 1090. The molecule has 3 amide bonds. The third kappa shape index (κ3) is 5.42. The zero-order chi connectivity index (χ0) is 24.9. The molecule has 1 fully saturated rings. The molecule has 2 aliphatic rings. The first kappa shape index (κ1) is 24.6. The first-order chi connectivity index (χ1) is 16.9. The van der Waals surface area contributed by atoms with Crippen molar-refractivity contribution in [3.63, 3.8) is 0 Å². The number of nitrogens with one attached hydrogen (secondary N) is 1. The Balaban J connectivity index is 1.47. The molecule has 0 aromatic heterocycles. The van der Waals surface area contributed by atoms with Crippen LogP contribution in [0.15, 0.2) is 42.5 Å². The van der Waals surface area contributed by atoms with E-state index in [0.717, 1.165) is 5.56 Å². The molecule has 0 bridgehead atoms. The van der Waals surface area contributed by atoms with E-state index in [1.165, 1.54) is 0 Å². The second-order valence-electron chi connectivity index (χ2n) is 9.03. The predicted molar refractivity (Wildman–Crippen MR) is 132 cm³/mol. The summed E-state index contributed by atoms with van der Waals surface area (Å²) >= 11 is 0. The van der Waals surface area contributed by atoms with Gasteiger partial charge in [-0.3, -0.25) is 14.4 Å². The lowest BCUT2D eigenvalue weighted by Crippen LogP contribution is -2.54. The number of fused-ring (bicyclic) bond motifs is 1. The summed E-state index contributed by atoms with van der Waals surface area (Å²) in [6.45, 7) is 8.17. The summed E-state index contributed by atoms with van der Waals surface area (Å²) in [5.41, 5.74) is 2.14. The molecule has 186 valence electrons. The number of hydrogen-bond donors (Lipinski definition) is 1. The molecule has 0 saturated carbocycles. The quantitative estimate of drug-likeness (QED) is 0.659. The van der Waals surface area contributed by atoms with Gasteiger partial charge >= 0.3 is 0 Å². The number of likely N-dealkylation sites (N-methyl/N-ethyl adjacent to an activating group) is 1. The molecule has 2 aliphatic heterocycles. The third-order valence-electron chi connectivity index (χ3n) is 6.83. The normalized spacial score (nSPS) is 16.0. The lowest BCUT2D eigenvalue weighted by Gasteiger charge is -2.37. The van der Waals surface area contributed by atoms with Gasteiger partial charge in [-0.25, -0.2) is 0 Å². The molecule has 8 nitrogen and oxygen atoms in total. The topological polar surface area (TPSA) is 88.2 Å². The summed E-state index contributed by atoms with van der Waals surface area (Å²) in [4.78, 5) is 43.1. The molecule has 8 heteroatoms. The van der Waals surface area contributed by atoms with Gasteiger partial charge < -0.3 is 24.6 Å². The molecule has 35 heavy (non-hydrogen) atoms. The maximum Gasteiger partial charge on any atom is 0.253 e. The van der Waals surface area contributed by atoms with Gasteiger partial charge in [0.05, 0.1) is 0 Å². The molecule has 2 aromatic carbocycles. The number of carbonyl (C=O) groups is 3.